The van der Waals surface area contributed by atoms with Gasteiger partial charge in [0.2, 0.25) is 11.8 Å². The molecule has 0 bridgehead atoms. The molecule has 6 nitrogen and oxygen atoms in total. The number of methoxy groups -OCH3 is 1. The SMILES string of the molecule is COc1ccc(N2CC(C(=O)NC(C)c3cccc(OC(C)C)c3)CC2=O)cc1. The number of anilines is 1. The van der Waals surface area contributed by atoms with Crippen LogP contribution in [0.15, 0.2) is 48.5 Å². The lowest BCUT2D eigenvalue weighted by Gasteiger charge is -2.19. The first kappa shape index (κ1) is 20.7. The third kappa shape index (κ3) is 5.08. The van der Waals surface area contributed by atoms with E-state index in [1.807, 2.05) is 69.3 Å². The molecular formula is C23H28N2O4. The van der Waals surface area contributed by atoms with Crippen LogP contribution in [0, 0.1) is 5.92 Å². The Hall–Kier alpha value is -3.02. The van der Waals surface area contributed by atoms with Crippen LogP contribution in [0.1, 0.15) is 38.8 Å². The van der Waals surface area contributed by atoms with Crippen LogP contribution in [0.25, 0.3) is 0 Å². The van der Waals surface area contributed by atoms with Gasteiger partial charge < -0.3 is 19.7 Å². The molecule has 0 spiro atoms. The van der Waals surface area contributed by atoms with Crippen molar-refractivity contribution in [2.24, 2.45) is 5.92 Å². The fourth-order valence-electron chi connectivity index (χ4n) is 3.44. The highest BCUT2D eigenvalue weighted by Crippen LogP contribution is 2.28. The van der Waals surface area contributed by atoms with Crippen LogP contribution in [-0.2, 0) is 9.59 Å². The molecule has 2 amide bonds. The van der Waals surface area contributed by atoms with Gasteiger partial charge in [0, 0.05) is 18.7 Å². The van der Waals surface area contributed by atoms with Crippen LogP contribution in [0.4, 0.5) is 5.69 Å². The van der Waals surface area contributed by atoms with Crippen LogP contribution in [0.3, 0.4) is 0 Å². The smallest absolute Gasteiger partial charge is 0.227 e. The number of nitrogens with one attached hydrogen (secondary N) is 1. The number of ether oxygens (including phenoxy) is 2. The highest BCUT2D eigenvalue weighted by atomic mass is 16.5. The van der Waals surface area contributed by atoms with E-state index in [4.69, 9.17) is 9.47 Å². The molecule has 3 rings (SSSR count). The minimum atomic E-state index is -0.373. The Labute approximate surface area is 171 Å². The maximum Gasteiger partial charge on any atom is 0.227 e. The molecule has 2 unspecified atom stereocenters. The number of amides is 2. The van der Waals surface area contributed by atoms with E-state index in [1.165, 1.54) is 0 Å². The molecule has 2 atom stereocenters. The first-order valence-electron chi connectivity index (χ1n) is 9.88. The molecule has 0 aliphatic carbocycles. The number of nitrogens with zero attached hydrogens (tertiary/aromatic N) is 1. The number of benzene rings is 2. The monoisotopic (exact) mass is 396 g/mol. The number of hydrogen-bond acceptors (Lipinski definition) is 4. The fourth-order valence-corrected chi connectivity index (χ4v) is 3.44. The summed E-state index contributed by atoms with van der Waals surface area (Å²) in [4.78, 5) is 26.9. The van der Waals surface area contributed by atoms with Crippen molar-refractivity contribution in [2.75, 3.05) is 18.6 Å². The van der Waals surface area contributed by atoms with E-state index >= 15 is 0 Å². The Morgan fingerprint density at radius 1 is 1.10 bits per heavy atom. The van der Waals surface area contributed by atoms with Crippen molar-refractivity contribution < 1.29 is 19.1 Å². The standard InChI is InChI=1S/C23H28N2O4/c1-15(2)29-21-7-5-6-17(12-21)16(3)24-23(27)18-13-22(26)25(14-18)19-8-10-20(28-4)11-9-19/h5-12,15-16,18H,13-14H2,1-4H3,(H,24,27). The number of hydrogen-bond donors (Lipinski definition) is 1. The summed E-state index contributed by atoms with van der Waals surface area (Å²) in [6.45, 7) is 6.26. The highest BCUT2D eigenvalue weighted by Gasteiger charge is 2.35. The van der Waals surface area contributed by atoms with E-state index in [9.17, 15) is 9.59 Å². The topological polar surface area (TPSA) is 67.9 Å². The molecule has 6 heteroatoms. The first-order valence-corrected chi connectivity index (χ1v) is 9.88. The average Bonchev–Trinajstić information content (AvgIpc) is 3.09. The van der Waals surface area contributed by atoms with Crippen molar-refractivity contribution in [3.8, 4) is 11.5 Å². The largest absolute Gasteiger partial charge is 0.497 e. The predicted octanol–water partition coefficient (Wildman–Crippen LogP) is 3.71. The van der Waals surface area contributed by atoms with Crippen molar-refractivity contribution in [3.05, 3.63) is 54.1 Å². The zero-order valence-corrected chi connectivity index (χ0v) is 17.3. The zero-order chi connectivity index (χ0) is 21.0. The quantitative estimate of drug-likeness (QED) is 0.775. The molecule has 154 valence electrons. The summed E-state index contributed by atoms with van der Waals surface area (Å²) in [7, 11) is 1.60. The van der Waals surface area contributed by atoms with Crippen LogP contribution in [0.5, 0.6) is 11.5 Å². The Morgan fingerprint density at radius 2 is 1.83 bits per heavy atom. The summed E-state index contributed by atoms with van der Waals surface area (Å²) >= 11 is 0. The van der Waals surface area contributed by atoms with Gasteiger partial charge >= 0.3 is 0 Å². The van der Waals surface area contributed by atoms with Crippen LogP contribution < -0.4 is 19.7 Å². The Balaban J connectivity index is 1.62. The summed E-state index contributed by atoms with van der Waals surface area (Å²) in [6, 6.07) is 14.8. The lowest BCUT2D eigenvalue weighted by Crippen LogP contribution is -2.34. The summed E-state index contributed by atoms with van der Waals surface area (Å²) in [5.74, 6) is 0.974. The van der Waals surface area contributed by atoms with E-state index in [2.05, 4.69) is 5.32 Å². The second-order valence-corrected chi connectivity index (χ2v) is 7.57. The molecule has 1 aliphatic rings. The maximum atomic E-state index is 12.8. The van der Waals surface area contributed by atoms with Crippen molar-refractivity contribution in [1.29, 1.82) is 0 Å². The Kier molecular flexibility index (Phi) is 6.42. The molecule has 1 fully saturated rings. The summed E-state index contributed by atoms with van der Waals surface area (Å²) in [5.41, 5.74) is 1.74. The molecule has 0 saturated carbocycles. The fraction of sp³-hybridized carbons (Fsp3) is 0.391. The molecule has 2 aromatic carbocycles. The highest BCUT2D eigenvalue weighted by molar-refractivity contribution is 6.00. The normalized spacial score (nSPS) is 17.3. The van der Waals surface area contributed by atoms with Gasteiger partial charge in [0.05, 0.1) is 25.2 Å². The summed E-state index contributed by atoms with van der Waals surface area (Å²) in [5, 5.41) is 3.04. The van der Waals surface area contributed by atoms with Gasteiger partial charge in [-0.05, 0) is 62.7 Å². The van der Waals surface area contributed by atoms with Crippen molar-refractivity contribution >= 4 is 17.5 Å². The van der Waals surface area contributed by atoms with E-state index < -0.39 is 0 Å². The molecule has 0 radical (unpaired) electrons. The van der Waals surface area contributed by atoms with E-state index in [-0.39, 0.29) is 36.3 Å². The van der Waals surface area contributed by atoms with Gasteiger partial charge in [-0.15, -0.1) is 0 Å². The molecule has 2 aromatic rings. The van der Waals surface area contributed by atoms with E-state index in [0.717, 1.165) is 22.7 Å². The number of carbonyl (C=O) groups excluding carboxylic acids is 2. The molecular weight excluding hydrogens is 368 g/mol. The lowest BCUT2D eigenvalue weighted by molar-refractivity contribution is -0.126. The minimum Gasteiger partial charge on any atom is -0.497 e. The van der Waals surface area contributed by atoms with Crippen molar-refractivity contribution in [3.63, 3.8) is 0 Å². The Bertz CT molecular complexity index is 863. The molecule has 1 heterocycles. The van der Waals surface area contributed by atoms with Gasteiger partial charge in [-0.25, -0.2) is 0 Å². The van der Waals surface area contributed by atoms with Crippen molar-refractivity contribution in [2.45, 2.75) is 39.3 Å². The average molecular weight is 396 g/mol. The zero-order valence-electron chi connectivity index (χ0n) is 17.3. The van der Waals surface area contributed by atoms with Gasteiger partial charge in [-0.2, -0.15) is 0 Å². The third-order valence-electron chi connectivity index (χ3n) is 4.97. The maximum absolute atomic E-state index is 12.8. The summed E-state index contributed by atoms with van der Waals surface area (Å²) < 4.78 is 10.9. The number of carbonyl (C=O) groups is 2. The molecule has 1 N–H and O–H groups in total. The second-order valence-electron chi connectivity index (χ2n) is 7.57. The first-order chi connectivity index (χ1) is 13.9. The third-order valence-corrected chi connectivity index (χ3v) is 4.97. The van der Waals surface area contributed by atoms with Crippen LogP contribution in [0.2, 0.25) is 0 Å². The van der Waals surface area contributed by atoms with Gasteiger partial charge in [0.25, 0.3) is 0 Å². The van der Waals surface area contributed by atoms with Gasteiger partial charge in [-0.1, -0.05) is 12.1 Å². The minimum absolute atomic E-state index is 0.0460. The summed E-state index contributed by atoms with van der Waals surface area (Å²) in [6.07, 6.45) is 0.296. The molecule has 1 aliphatic heterocycles. The van der Waals surface area contributed by atoms with Gasteiger partial charge in [0.1, 0.15) is 11.5 Å². The van der Waals surface area contributed by atoms with E-state index in [1.54, 1.807) is 12.0 Å². The second kappa shape index (κ2) is 8.99. The van der Waals surface area contributed by atoms with E-state index in [0.29, 0.717) is 6.54 Å². The van der Waals surface area contributed by atoms with Gasteiger partial charge in [0.15, 0.2) is 0 Å². The lowest BCUT2D eigenvalue weighted by atomic mass is 10.0. The molecule has 0 aromatic heterocycles. The van der Waals surface area contributed by atoms with Crippen LogP contribution >= 0.6 is 0 Å². The predicted molar refractivity (Wildman–Crippen MR) is 112 cm³/mol. The van der Waals surface area contributed by atoms with Gasteiger partial charge in [-0.3, -0.25) is 9.59 Å². The molecule has 1 saturated heterocycles. The Morgan fingerprint density at radius 3 is 2.48 bits per heavy atom. The molecule has 29 heavy (non-hydrogen) atoms. The van der Waals surface area contributed by atoms with Crippen LogP contribution in [-0.4, -0.2) is 31.6 Å². The van der Waals surface area contributed by atoms with Crippen molar-refractivity contribution in [1.82, 2.24) is 5.32 Å². The number of rotatable bonds is 7.